The minimum absolute atomic E-state index is 0.138. The smallest absolute Gasteiger partial charge is 0.318 e. The van der Waals surface area contributed by atoms with Gasteiger partial charge in [-0.15, -0.1) is 0 Å². The SMILES string of the molecule is CC(F)=CN1CCN(c2nc(OC[C@@H]3CCCN3C)nc3c2CCN(c2cncc4cccc(Cl)c24)C3)C[C@@H]1CC#N. The van der Waals surface area contributed by atoms with Crippen LogP contribution >= 0.6 is 11.6 Å². The molecule has 0 saturated carbocycles. The number of likely N-dealkylation sites (tertiary alicyclic amines) is 1. The Kier molecular flexibility index (Phi) is 8.31. The summed E-state index contributed by atoms with van der Waals surface area (Å²) in [6, 6.07) is 8.73. The summed E-state index contributed by atoms with van der Waals surface area (Å²) in [5.74, 6) is 0.591. The first kappa shape index (κ1) is 28.4. The molecule has 2 atom stereocenters. The second-order valence-corrected chi connectivity index (χ2v) is 11.8. The van der Waals surface area contributed by atoms with Crippen molar-refractivity contribution >= 4 is 33.9 Å². The number of likely N-dealkylation sites (N-methyl/N-ethyl adjacent to an activating group) is 1. The van der Waals surface area contributed by atoms with Gasteiger partial charge >= 0.3 is 6.01 Å². The Morgan fingerprint density at radius 1 is 1.17 bits per heavy atom. The zero-order valence-corrected chi connectivity index (χ0v) is 24.9. The van der Waals surface area contributed by atoms with Crippen LogP contribution in [0, 0.1) is 11.3 Å². The van der Waals surface area contributed by atoms with Crippen molar-refractivity contribution in [1.29, 1.82) is 5.26 Å². The maximum atomic E-state index is 13.8. The number of allylic oxidation sites excluding steroid dienone is 1. The summed E-state index contributed by atoms with van der Waals surface area (Å²) in [5, 5.41) is 12.2. The monoisotopic (exact) mass is 590 g/mol. The van der Waals surface area contributed by atoms with Crippen LogP contribution in [-0.2, 0) is 13.0 Å². The average molecular weight is 591 g/mol. The van der Waals surface area contributed by atoms with Gasteiger partial charge in [0.2, 0.25) is 0 Å². The maximum Gasteiger partial charge on any atom is 0.318 e. The molecule has 42 heavy (non-hydrogen) atoms. The third-order valence-corrected chi connectivity index (χ3v) is 8.97. The first-order chi connectivity index (χ1) is 20.4. The molecule has 2 fully saturated rings. The lowest BCUT2D eigenvalue weighted by molar-refractivity contribution is 0.187. The Morgan fingerprint density at radius 2 is 2.05 bits per heavy atom. The molecule has 2 aromatic heterocycles. The van der Waals surface area contributed by atoms with Crippen LogP contribution in [0.15, 0.2) is 42.6 Å². The van der Waals surface area contributed by atoms with E-state index in [2.05, 4.69) is 32.8 Å². The van der Waals surface area contributed by atoms with Gasteiger partial charge in [-0.2, -0.15) is 15.2 Å². The van der Waals surface area contributed by atoms with Crippen LogP contribution in [-0.4, -0.2) is 83.2 Å². The summed E-state index contributed by atoms with van der Waals surface area (Å²) < 4.78 is 20.1. The zero-order valence-electron chi connectivity index (χ0n) is 24.1. The van der Waals surface area contributed by atoms with Crippen molar-refractivity contribution in [1.82, 2.24) is 24.8 Å². The van der Waals surface area contributed by atoms with E-state index in [-0.39, 0.29) is 11.9 Å². The minimum atomic E-state index is -0.263. The summed E-state index contributed by atoms with van der Waals surface area (Å²) in [4.78, 5) is 23.2. The molecule has 220 valence electrons. The van der Waals surface area contributed by atoms with Gasteiger partial charge in [-0.3, -0.25) is 4.98 Å². The number of anilines is 2. The molecule has 0 unspecified atom stereocenters. The van der Waals surface area contributed by atoms with Gasteiger partial charge in [0.25, 0.3) is 0 Å². The van der Waals surface area contributed by atoms with Gasteiger partial charge in [-0.1, -0.05) is 23.7 Å². The quantitative estimate of drug-likeness (QED) is 0.379. The lowest BCUT2D eigenvalue weighted by atomic mass is 10.0. The van der Waals surface area contributed by atoms with E-state index in [1.54, 1.807) is 0 Å². The van der Waals surface area contributed by atoms with Crippen LogP contribution in [0.1, 0.15) is 37.4 Å². The number of halogens is 2. The molecule has 6 rings (SSSR count). The molecule has 3 aliphatic heterocycles. The van der Waals surface area contributed by atoms with Gasteiger partial charge in [0.05, 0.1) is 47.7 Å². The van der Waals surface area contributed by atoms with E-state index in [9.17, 15) is 9.65 Å². The van der Waals surface area contributed by atoms with Crippen molar-refractivity contribution in [3.05, 3.63) is 58.9 Å². The van der Waals surface area contributed by atoms with Gasteiger partial charge < -0.3 is 24.3 Å². The number of rotatable bonds is 7. The van der Waals surface area contributed by atoms with Crippen molar-refractivity contribution in [3.8, 4) is 12.1 Å². The van der Waals surface area contributed by atoms with E-state index in [4.69, 9.17) is 26.3 Å². The number of piperazine rings is 1. The predicted octanol–water partition coefficient (Wildman–Crippen LogP) is 4.95. The lowest BCUT2D eigenvalue weighted by Gasteiger charge is -2.42. The molecular formula is C31H36ClFN8O. The number of nitrogens with zero attached hydrogens (tertiary/aromatic N) is 8. The third-order valence-electron chi connectivity index (χ3n) is 8.65. The second-order valence-electron chi connectivity index (χ2n) is 11.4. The number of aromatic nitrogens is 3. The first-order valence-electron chi connectivity index (χ1n) is 14.6. The van der Waals surface area contributed by atoms with Crippen molar-refractivity contribution in [3.63, 3.8) is 0 Å². The Morgan fingerprint density at radius 3 is 2.83 bits per heavy atom. The van der Waals surface area contributed by atoms with Gasteiger partial charge in [0.15, 0.2) is 0 Å². The van der Waals surface area contributed by atoms with Crippen LogP contribution in [0.3, 0.4) is 0 Å². The number of nitriles is 1. The van der Waals surface area contributed by atoms with Crippen LogP contribution in [0.5, 0.6) is 6.01 Å². The average Bonchev–Trinajstić information content (AvgIpc) is 3.40. The molecule has 0 bridgehead atoms. The lowest BCUT2D eigenvalue weighted by Crippen LogP contribution is -2.51. The van der Waals surface area contributed by atoms with Gasteiger partial charge in [0, 0.05) is 61.0 Å². The maximum absolute atomic E-state index is 13.8. The van der Waals surface area contributed by atoms with E-state index in [1.165, 1.54) is 13.1 Å². The Labute approximate surface area is 251 Å². The van der Waals surface area contributed by atoms with Gasteiger partial charge in [-0.25, -0.2) is 4.39 Å². The number of hydrogen-bond acceptors (Lipinski definition) is 9. The fourth-order valence-electron chi connectivity index (χ4n) is 6.44. The van der Waals surface area contributed by atoms with E-state index in [0.717, 1.165) is 65.9 Å². The zero-order chi connectivity index (χ0) is 29.2. The fourth-order valence-corrected chi connectivity index (χ4v) is 6.72. The highest BCUT2D eigenvalue weighted by Crippen LogP contribution is 2.37. The number of hydrogen-bond donors (Lipinski definition) is 0. The molecule has 2 saturated heterocycles. The molecule has 3 aromatic rings. The second kappa shape index (κ2) is 12.3. The Balaban J connectivity index is 1.34. The number of pyridine rings is 1. The summed E-state index contributed by atoms with van der Waals surface area (Å²) >= 11 is 6.67. The molecule has 0 amide bonds. The summed E-state index contributed by atoms with van der Waals surface area (Å²) in [6.45, 7) is 6.19. The van der Waals surface area contributed by atoms with Gasteiger partial charge in [0.1, 0.15) is 18.3 Å². The van der Waals surface area contributed by atoms with Crippen LogP contribution < -0.4 is 14.5 Å². The molecule has 9 nitrogen and oxygen atoms in total. The summed E-state index contributed by atoms with van der Waals surface area (Å²) in [7, 11) is 2.13. The van der Waals surface area contributed by atoms with Crippen molar-refractivity contribution in [2.75, 3.05) is 56.2 Å². The molecule has 3 aliphatic rings. The Hall–Kier alpha value is -3.68. The highest BCUT2D eigenvalue weighted by Gasteiger charge is 2.32. The topological polar surface area (TPSA) is 84.7 Å². The predicted molar refractivity (Wildman–Crippen MR) is 162 cm³/mol. The van der Waals surface area contributed by atoms with Gasteiger partial charge in [-0.05, 0) is 45.8 Å². The highest BCUT2D eigenvalue weighted by molar-refractivity contribution is 6.36. The summed E-state index contributed by atoms with van der Waals surface area (Å²) in [6.07, 6.45) is 8.53. The molecular weight excluding hydrogens is 555 g/mol. The van der Waals surface area contributed by atoms with E-state index >= 15 is 0 Å². The third kappa shape index (κ3) is 5.81. The standard InChI is InChI=1S/C31H36ClFN8O/c1-21(33)17-39-13-14-41(18-23(39)8-10-34)30-25-9-12-40(28-16-35-15-22-5-3-7-26(32)29(22)28)19-27(25)36-31(37-30)42-20-24-6-4-11-38(24)2/h3,5,7,15-17,23-24H,4,6,8-9,11-14,18-20H2,1-2H3/t23-,24-/m0/s1. The van der Waals surface area contributed by atoms with Crippen molar-refractivity contribution in [2.45, 2.75) is 51.2 Å². The number of ether oxygens (including phenoxy) is 1. The number of fused-ring (bicyclic) bond motifs is 2. The minimum Gasteiger partial charge on any atom is -0.462 e. The first-order valence-corrected chi connectivity index (χ1v) is 15.0. The fraction of sp³-hybridized carbons (Fsp3) is 0.484. The van der Waals surface area contributed by atoms with E-state index in [0.29, 0.717) is 56.3 Å². The Bertz CT molecular complexity index is 1520. The number of benzene rings is 1. The largest absolute Gasteiger partial charge is 0.462 e. The van der Waals surface area contributed by atoms with Crippen LogP contribution in [0.2, 0.25) is 5.02 Å². The van der Waals surface area contributed by atoms with Crippen molar-refractivity contribution < 1.29 is 9.13 Å². The molecule has 11 heteroatoms. The summed E-state index contributed by atoms with van der Waals surface area (Å²) in [5.41, 5.74) is 3.00. The molecule has 0 N–H and O–H groups in total. The van der Waals surface area contributed by atoms with Crippen LogP contribution in [0.4, 0.5) is 15.9 Å². The normalized spacial score (nSPS) is 21.5. The highest BCUT2D eigenvalue weighted by atomic mass is 35.5. The van der Waals surface area contributed by atoms with Crippen LogP contribution in [0.25, 0.3) is 10.8 Å². The molecule has 0 radical (unpaired) electrons. The molecule has 1 aromatic carbocycles. The molecule has 0 aliphatic carbocycles. The van der Waals surface area contributed by atoms with Crippen molar-refractivity contribution in [2.24, 2.45) is 0 Å². The molecule has 0 spiro atoms. The molecule has 5 heterocycles. The van der Waals surface area contributed by atoms with E-state index in [1.807, 2.05) is 35.5 Å². The van der Waals surface area contributed by atoms with E-state index < -0.39 is 0 Å².